The molecule has 0 saturated carbocycles. The third-order valence-corrected chi connectivity index (χ3v) is 2.08. The van der Waals surface area contributed by atoms with E-state index in [2.05, 4.69) is 15.5 Å². The Morgan fingerprint density at radius 1 is 1.50 bits per heavy atom. The maximum Gasteiger partial charge on any atom is 0.318 e. The number of nitrogens with one attached hydrogen (secondary N) is 1. The summed E-state index contributed by atoms with van der Waals surface area (Å²) < 4.78 is 4.70. The summed E-state index contributed by atoms with van der Waals surface area (Å²) in [6.45, 7) is 4.32. The number of carbonyl (C=O) groups is 2. The summed E-state index contributed by atoms with van der Waals surface area (Å²) in [5.41, 5.74) is -1.47. The van der Waals surface area contributed by atoms with Gasteiger partial charge < -0.3 is 14.9 Å². The van der Waals surface area contributed by atoms with Gasteiger partial charge in [-0.25, -0.2) is 0 Å². The minimum absolute atomic E-state index is 0.0485. The Morgan fingerprint density at radius 2 is 2.12 bits per heavy atom. The summed E-state index contributed by atoms with van der Waals surface area (Å²) in [6, 6.07) is 0. The van der Waals surface area contributed by atoms with Crippen molar-refractivity contribution in [2.75, 3.05) is 0 Å². The van der Waals surface area contributed by atoms with E-state index in [1.165, 1.54) is 13.8 Å². The number of hydrogen-bond donors (Lipinski definition) is 2. The van der Waals surface area contributed by atoms with E-state index in [-0.39, 0.29) is 6.54 Å². The molecule has 7 heteroatoms. The predicted molar refractivity (Wildman–Crippen MR) is 52.3 cm³/mol. The second-order valence-corrected chi connectivity index (χ2v) is 3.84. The first-order chi connectivity index (χ1) is 7.34. The van der Waals surface area contributed by atoms with E-state index in [1.54, 1.807) is 6.92 Å². The number of carbonyl (C=O) groups excluding carboxylic acids is 1. The molecule has 1 heterocycles. The van der Waals surface area contributed by atoms with Crippen LogP contribution in [0.15, 0.2) is 4.52 Å². The fourth-order valence-corrected chi connectivity index (χ4v) is 0.891. The minimum Gasteiger partial charge on any atom is -0.480 e. The van der Waals surface area contributed by atoms with Gasteiger partial charge in [0.15, 0.2) is 5.82 Å². The van der Waals surface area contributed by atoms with Crippen molar-refractivity contribution in [1.29, 1.82) is 0 Å². The number of carboxylic acid groups (broad SMARTS) is 1. The summed E-state index contributed by atoms with van der Waals surface area (Å²) in [7, 11) is 0. The Balaban J connectivity index is 2.56. The maximum absolute atomic E-state index is 11.5. The van der Waals surface area contributed by atoms with Crippen molar-refractivity contribution in [2.45, 2.75) is 27.3 Å². The highest BCUT2D eigenvalue weighted by atomic mass is 16.5. The summed E-state index contributed by atoms with van der Waals surface area (Å²) in [5, 5.41) is 14.8. The Kier molecular flexibility index (Phi) is 3.26. The van der Waals surface area contributed by atoms with Crippen molar-refractivity contribution >= 4 is 11.9 Å². The zero-order valence-corrected chi connectivity index (χ0v) is 9.27. The Labute approximate surface area is 91.8 Å². The van der Waals surface area contributed by atoms with Crippen molar-refractivity contribution < 1.29 is 19.2 Å². The van der Waals surface area contributed by atoms with Gasteiger partial charge in [-0.3, -0.25) is 9.59 Å². The summed E-state index contributed by atoms with van der Waals surface area (Å²) >= 11 is 0. The fourth-order valence-electron chi connectivity index (χ4n) is 0.891. The fraction of sp³-hybridized carbons (Fsp3) is 0.556. The lowest BCUT2D eigenvalue weighted by Gasteiger charge is -2.17. The molecule has 0 radical (unpaired) electrons. The quantitative estimate of drug-likeness (QED) is 0.707. The van der Waals surface area contributed by atoms with Crippen molar-refractivity contribution in [1.82, 2.24) is 15.5 Å². The van der Waals surface area contributed by atoms with E-state index < -0.39 is 17.3 Å². The molecule has 1 rings (SSSR count). The van der Waals surface area contributed by atoms with Gasteiger partial charge in [-0.1, -0.05) is 5.16 Å². The van der Waals surface area contributed by atoms with Crippen LogP contribution >= 0.6 is 0 Å². The molecular formula is C9H13N3O4. The van der Waals surface area contributed by atoms with Crippen molar-refractivity contribution in [3.8, 4) is 0 Å². The lowest BCUT2D eigenvalue weighted by atomic mass is 9.93. The van der Waals surface area contributed by atoms with Crippen LogP contribution in [0.4, 0.5) is 0 Å². The molecule has 1 aromatic rings. The van der Waals surface area contributed by atoms with Gasteiger partial charge in [-0.15, -0.1) is 0 Å². The molecule has 0 aromatic carbocycles. The van der Waals surface area contributed by atoms with E-state index in [9.17, 15) is 9.59 Å². The van der Waals surface area contributed by atoms with Gasteiger partial charge in [-0.2, -0.15) is 4.98 Å². The number of rotatable bonds is 4. The molecule has 0 spiro atoms. The van der Waals surface area contributed by atoms with Gasteiger partial charge >= 0.3 is 5.97 Å². The Bertz CT molecular complexity index is 411. The van der Waals surface area contributed by atoms with Crippen LogP contribution in [0.3, 0.4) is 0 Å². The van der Waals surface area contributed by atoms with E-state index in [0.717, 1.165) is 0 Å². The second-order valence-electron chi connectivity index (χ2n) is 3.84. The highest BCUT2D eigenvalue weighted by Gasteiger charge is 2.35. The van der Waals surface area contributed by atoms with Crippen LogP contribution in [0.5, 0.6) is 0 Å². The van der Waals surface area contributed by atoms with Crippen LogP contribution < -0.4 is 5.32 Å². The Hall–Kier alpha value is -1.92. The van der Waals surface area contributed by atoms with Crippen LogP contribution in [0.1, 0.15) is 25.6 Å². The predicted octanol–water partition coefficient (Wildman–Crippen LogP) is 0.105. The average molecular weight is 227 g/mol. The number of aliphatic carboxylic acids is 1. The highest BCUT2D eigenvalue weighted by molar-refractivity contribution is 6.00. The first-order valence-electron chi connectivity index (χ1n) is 4.65. The SMILES string of the molecule is Cc1nc(CNC(=O)C(C)(C)C(=O)O)no1. The van der Waals surface area contributed by atoms with Gasteiger partial charge in [0.05, 0.1) is 6.54 Å². The smallest absolute Gasteiger partial charge is 0.318 e. The number of amides is 1. The number of aromatic nitrogens is 2. The molecule has 1 aromatic heterocycles. The van der Waals surface area contributed by atoms with Gasteiger partial charge in [0.1, 0.15) is 5.41 Å². The first kappa shape index (κ1) is 12.2. The molecule has 0 atom stereocenters. The van der Waals surface area contributed by atoms with E-state index in [4.69, 9.17) is 9.63 Å². The third-order valence-electron chi connectivity index (χ3n) is 2.08. The molecule has 88 valence electrons. The monoisotopic (exact) mass is 227 g/mol. The molecule has 0 saturated heterocycles. The lowest BCUT2D eigenvalue weighted by molar-refractivity contribution is -0.153. The molecule has 0 unspecified atom stereocenters. The van der Waals surface area contributed by atoms with Crippen molar-refractivity contribution in [3.63, 3.8) is 0 Å². The summed E-state index contributed by atoms with van der Waals surface area (Å²) in [6.07, 6.45) is 0. The number of nitrogens with zero attached hydrogens (tertiary/aromatic N) is 2. The number of carboxylic acids is 1. The first-order valence-corrected chi connectivity index (χ1v) is 4.65. The summed E-state index contributed by atoms with van der Waals surface area (Å²) in [4.78, 5) is 26.1. The molecule has 0 bridgehead atoms. The molecular weight excluding hydrogens is 214 g/mol. The van der Waals surface area contributed by atoms with Gasteiger partial charge in [0, 0.05) is 6.92 Å². The number of hydrogen-bond acceptors (Lipinski definition) is 5. The van der Waals surface area contributed by atoms with Crippen molar-refractivity contribution in [2.24, 2.45) is 5.41 Å². The molecule has 2 N–H and O–H groups in total. The normalized spacial score (nSPS) is 11.2. The van der Waals surface area contributed by atoms with E-state index in [1.807, 2.05) is 0 Å². The van der Waals surface area contributed by atoms with Gasteiger partial charge in [0.2, 0.25) is 11.8 Å². The average Bonchev–Trinajstić information content (AvgIpc) is 2.60. The maximum atomic E-state index is 11.5. The van der Waals surface area contributed by atoms with Crippen molar-refractivity contribution in [3.05, 3.63) is 11.7 Å². The van der Waals surface area contributed by atoms with Gasteiger partial charge in [-0.05, 0) is 13.8 Å². The molecule has 0 fully saturated rings. The minimum atomic E-state index is -1.47. The standard InChI is InChI=1S/C9H13N3O4/c1-5-11-6(12-16-5)4-10-7(13)9(2,3)8(14)15/h4H2,1-3H3,(H,10,13)(H,14,15). The van der Waals surface area contributed by atoms with Gasteiger partial charge in [0.25, 0.3) is 0 Å². The van der Waals surface area contributed by atoms with Crippen LogP contribution in [-0.4, -0.2) is 27.1 Å². The zero-order chi connectivity index (χ0) is 12.3. The molecule has 1 amide bonds. The molecule has 7 nitrogen and oxygen atoms in total. The molecule has 0 aliphatic carbocycles. The van der Waals surface area contributed by atoms with Crippen LogP contribution in [-0.2, 0) is 16.1 Å². The second kappa shape index (κ2) is 4.30. The molecule has 16 heavy (non-hydrogen) atoms. The molecule has 0 aliphatic heterocycles. The number of aryl methyl sites for hydroxylation is 1. The van der Waals surface area contributed by atoms with Crippen LogP contribution in [0, 0.1) is 12.3 Å². The summed E-state index contributed by atoms with van der Waals surface area (Å²) in [5.74, 6) is -1.08. The van der Waals surface area contributed by atoms with Crippen LogP contribution in [0.25, 0.3) is 0 Å². The third kappa shape index (κ3) is 2.56. The molecule has 0 aliphatic rings. The topological polar surface area (TPSA) is 105 Å². The van der Waals surface area contributed by atoms with E-state index >= 15 is 0 Å². The largest absolute Gasteiger partial charge is 0.480 e. The van der Waals surface area contributed by atoms with E-state index in [0.29, 0.717) is 11.7 Å². The Morgan fingerprint density at radius 3 is 2.56 bits per heavy atom. The van der Waals surface area contributed by atoms with Crippen LogP contribution in [0.2, 0.25) is 0 Å². The zero-order valence-electron chi connectivity index (χ0n) is 9.27. The highest BCUT2D eigenvalue weighted by Crippen LogP contribution is 2.15. The lowest BCUT2D eigenvalue weighted by Crippen LogP contribution is -2.42.